The molecule has 1 aromatic heterocycles. The highest BCUT2D eigenvalue weighted by atomic mass is 31.1. The average molecular weight is 553 g/mol. The van der Waals surface area contributed by atoms with Gasteiger partial charge in [0, 0.05) is 16.7 Å². The van der Waals surface area contributed by atoms with E-state index in [1.807, 2.05) is 19.9 Å². The van der Waals surface area contributed by atoms with Crippen LogP contribution in [-0.2, 0) is 24.9 Å². The molecule has 206 valence electrons. The summed E-state index contributed by atoms with van der Waals surface area (Å²) in [5.74, 6) is 1.86. The van der Waals surface area contributed by atoms with E-state index in [1.54, 1.807) is 12.1 Å². The number of carbonyl (C=O) groups is 1. The molecule has 6 rings (SSSR count). The number of halogens is 1. The van der Waals surface area contributed by atoms with Crippen LogP contribution in [0.5, 0.6) is 0 Å². The van der Waals surface area contributed by atoms with Crippen molar-refractivity contribution >= 4 is 14.0 Å². The van der Waals surface area contributed by atoms with Crippen molar-refractivity contribution in [3.63, 3.8) is 0 Å². The van der Waals surface area contributed by atoms with Crippen molar-refractivity contribution in [2.24, 2.45) is 17.8 Å². The summed E-state index contributed by atoms with van der Waals surface area (Å²) in [5, 5.41) is 19.9. The lowest BCUT2D eigenvalue weighted by atomic mass is 9.48. The molecule has 1 aromatic carbocycles. The van der Waals surface area contributed by atoms with E-state index in [-0.39, 0.29) is 16.9 Å². The van der Waals surface area contributed by atoms with Crippen LogP contribution >= 0.6 is 8.03 Å². The van der Waals surface area contributed by atoms with Gasteiger partial charge in [0.15, 0.2) is 5.60 Å². The lowest BCUT2D eigenvalue weighted by molar-refractivity contribution is -0.145. The van der Waals surface area contributed by atoms with Gasteiger partial charge in [0.1, 0.15) is 5.82 Å². The minimum absolute atomic E-state index is 0.0920. The number of terminal acetylenes is 1. The lowest BCUT2D eigenvalue weighted by Gasteiger charge is -2.56. The first-order chi connectivity index (χ1) is 18.4. The third-order valence-electron chi connectivity index (χ3n) is 9.48. The fraction of sp³-hybridized carbons (Fsp3) is 0.548. The second-order valence-corrected chi connectivity index (χ2v) is 13.9. The van der Waals surface area contributed by atoms with Crippen molar-refractivity contribution in [2.45, 2.75) is 81.4 Å². The van der Waals surface area contributed by atoms with Crippen molar-refractivity contribution in [3.05, 3.63) is 53.1 Å². The maximum atomic E-state index is 14.0. The molecule has 4 bridgehead atoms. The second kappa shape index (κ2) is 9.77. The van der Waals surface area contributed by atoms with Crippen LogP contribution in [0.15, 0.2) is 30.3 Å². The Morgan fingerprint density at radius 1 is 1.18 bits per heavy atom. The van der Waals surface area contributed by atoms with Crippen LogP contribution in [0, 0.1) is 35.9 Å². The average Bonchev–Trinajstić information content (AvgIpc) is 2.87. The van der Waals surface area contributed by atoms with Gasteiger partial charge in [-0.05, 0) is 109 Å². The molecule has 4 fully saturated rings. The zero-order valence-electron chi connectivity index (χ0n) is 22.9. The Hall–Kier alpha value is -2.65. The SMILES string of the molecule is C#CC(C(=O)O)([P+](=O)OC)C(C)(O)c1c(-c2ccc(F)cc2)cc(C23CC4CC(CC(C4)C2)C3)nc1C(C)C. The molecular formula is C31H36FNO5P+. The fourth-order valence-electron chi connectivity index (χ4n) is 8.08. The summed E-state index contributed by atoms with van der Waals surface area (Å²) in [6.45, 7) is 5.12. The maximum absolute atomic E-state index is 14.0. The van der Waals surface area contributed by atoms with Gasteiger partial charge >= 0.3 is 19.2 Å². The Balaban J connectivity index is 1.82. The highest BCUT2D eigenvalue weighted by Crippen LogP contribution is 2.61. The monoisotopic (exact) mass is 552 g/mol. The number of carboxylic acids is 1. The molecule has 0 aliphatic heterocycles. The number of carboxylic acid groups (broad SMARTS) is 1. The van der Waals surface area contributed by atoms with Gasteiger partial charge in [0.25, 0.3) is 0 Å². The van der Waals surface area contributed by atoms with Crippen LogP contribution in [-0.4, -0.2) is 33.4 Å². The summed E-state index contributed by atoms with van der Waals surface area (Å²) >= 11 is 0. The number of rotatable bonds is 8. The van der Waals surface area contributed by atoms with Gasteiger partial charge in [-0.25, -0.2) is 9.18 Å². The van der Waals surface area contributed by atoms with Gasteiger partial charge in [-0.15, -0.1) is 10.9 Å². The predicted octanol–water partition coefficient (Wildman–Crippen LogP) is 6.53. The Bertz CT molecular complexity index is 1330. The molecule has 2 N–H and O–H groups in total. The van der Waals surface area contributed by atoms with Crippen LogP contribution < -0.4 is 0 Å². The third-order valence-corrected chi connectivity index (χ3v) is 11.1. The van der Waals surface area contributed by atoms with Crippen molar-refractivity contribution < 1.29 is 28.5 Å². The van der Waals surface area contributed by atoms with E-state index >= 15 is 0 Å². The standard InChI is InChI=1S/C31H35FNO5P/c1-6-31(28(34)35,39(37)38-5)29(4,36)26-24(22-7-9-23(32)10-8-22)14-25(33-27(26)18(2)3)30-15-19-11-20(16-30)13-21(12-19)17-30/h1,7-10,14,18-21,36H,11-13,15-17H2,2-5H3/p+1. The zero-order chi connectivity index (χ0) is 28.3. The van der Waals surface area contributed by atoms with Gasteiger partial charge < -0.3 is 10.2 Å². The first-order valence-electron chi connectivity index (χ1n) is 13.7. The van der Waals surface area contributed by atoms with Crippen molar-refractivity contribution in [3.8, 4) is 23.5 Å². The van der Waals surface area contributed by atoms with Gasteiger partial charge in [0.2, 0.25) is 0 Å². The number of hydrogen-bond acceptors (Lipinski definition) is 5. The second-order valence-electron chi connectivity index (χ2n) is 12.3. The normalized spacial score (nSPS) is 29.0. The van der Waals surface area contributed by atoms with Crippen LogP contribution in [0.4, 0.5) is 4.39 Å². The van der Waals surface area contributed by atoms with E-state index in [2.05, 4.69) is 5.92 Å². The number of aromatic nitrogens is 1. The quantitative estimate of drug-likeness (QED) is 0.286. The van der Waals surface area contributed by atoms with Crippen molar-refractivity contribution in [2.75, 3.05) is 7.11 Å². The maximum Gasteiger partial charge on any atom is 0.543 e. The van der Waals surface area contributed by atoms with Crippen molar-refractivity contribution in [1.82, 2.24) is 4.98 Å². The van der Waals surface area contributed by atoms with Gasteiger partial charge in [-0.3, -0.25) is 4.98 Å². The number of aliphatic hydroxyl groups is 1. The first kappa shape index (κ1) is 27.9. The molecule has 4 aliphatic rings. The first-order valence-corrected chi connectivity index (χ1v) is 14.8. The smallest absolute Gasteiger partial charge is 0.477 e. The molecule has 0 saturated heterocycles. The molecular weight excluding hydrogens is 516 g/mol. The van der Waals surface area contributed by atoms with Crippen LogP contribution in [0.2, 0.25) is 0 Å². The molecule has 2 aromatic rings. The van der Waals surface area contributed by atoms with Crippen LogP contribution in [0.3, 0.4) is 0 Å². The van der Waals surface area contributed by atoms with Gasteiger partial charge in [-0.1, -0.05) is 26.0 Å². The molecule has 8 heteroatoms. The van der Waals surface area contributed by atoms with Crippen LogP contribution in [0.1, 0.15) is 82.2 Å². The van der Waals surface area contributed by atoms with Gasteiger partial charge in [-0.2, -0.15) is 0 Å². The number of pyridine rings is 1. The Kier molecular flexibility index (Phi) is 6.99. The Morgan fingerprint density at radius 2 is 1.72 bits per heavy atom. The number of hydrogen-bond donors (Lipinski definition) is 2. The largest absolute Gasteiger partial charge is 0.543 e. The highest BCUT2D eigenvalue weighted by Gasteiger charge is 2.71. The lowest BCUT2D eigenvalue weighted by Crippen LogP contribution is -2.53. The van der Waals surface area contributed by atoms with Gasteiger partial charge in [0.05, 0.1) is 12.8 Å². The van der Waals surface area contributed by atoms with E-state index in [9.17, 15) is 24.0 Å². The number of aliphatic carboxylic acids is 1. The summed E-state index contributed by atoms with van der Waals surface area (Å²) in [7, 11) is -1.95. The van der Waals surface area contributed by atoms with E-state index in [0.717, 1.165) is 32.1 Å². The zero-order valence-corrected chi connectivity index (χ0v) is 23.8. The molecule has 0 spiro atoms. The summed E-state index contributed by atoms with van der Waals surface area (Å²) < 4.78 is 32.2. The molecule has 6 nitrogen and oxygen atoms in total. The van der Waals surface area contributed by atoms with Crippen LogP contribution in [0.25, 0.3) is 11.1 Å². The number of benzene rings is 1. The summed E-state index contributed by atoms with van der Waals surface area (Å²) in [4.78, 5) is 17.9. The Morgan fingerprint density at radius 3 is 2.15 bits per heavy atom. The van der Waals surface area contributed by atoms with E-state index in [1.165, 1.54) is 38.3 Å². The minimum Gasteiger partial charge on any atom is -0.477 e. The fourth-order valence-corrected chi connectivity index (χ4v) is 9.09. The van der Waals surface area contributed by atoms with Crippen molar-refractivity contribution in [1.29, 1.82) is 0 Å². The molecule has 4 saturated carbocycles. The summed E-state index contributed by atoms with van der Waals surface area (Å²) in [6, 6.07) is 7.81. The molecule has 3 atom stereocenters. The van der Waals surface area contributed by atoms with E-state index in [4.69, 9.17) is 15.9 Å². The summed E-state index contributed by atoms with van der Waals surface area (Å²) in [5.41, 5.74) is 0.266. The highest BCUT2D eigenvalue weighted by molar-refractivity contribution is 7.43. The molecule has 3 unspecified atom stereocenters. The molecule has 39 heavy (non-hydrogen) atoms. The third kappa shape index (κ3) is 4.24. The van der Waals surface area contributed by atoms with E-state index < -0.39 is 30.6 Å². The number of nitrogens with zero attached hydrogens (tertiary/aromatic N) is 1. The predicted molar refractivity (Wildman–Crippen MR) is 147 cm³/mol. The molecule has 4 aliphatic carbocycles. The van der Waals surface area contributed by atoms with E-state index in [0.29, 0.717) is 34.6 Å². The summed E-state index contributed by atoms with van der Waals surface area (Å²) in [6.07, 6.45) is 12.7. The minimum atomic E-state index is -3.05. The Labute approximate surface area is 230 Å². The molecule has 0 radical (unpaired) electrons. The molecule has 1 heterocycles. The molecule has 0 amide bonds. The topological polar surface area (TPSA) is 96.7 Å².